The van der Waals surface area contributed by atoms with Gasteiger partial charge >= 0.3 is 11.9 Å². The van der Waals surface area contributed by atoms with E-state index in [1.54, 1.807) is 18.2 Å². The number of nitro groups is 1. The van der Waals surface area contributed by atoms with Crippen molar-refractivity contribution in [3.05, 3.63) is 72.7 Å². The molecule has 1 amide bonds. The quantitative estimate of drug-likeness (QED) is 0.298. The van der Waals surface area contributed by atoms with Crippen LogP contribution in [-0.2, 0) is 19.1 Å². The molecule has 0 unspecified atom stereocenters. The maximum Gasteiger partial charge on any atom is 0.329 e. The van der Waals surface area contributed by atoms with Gasteiger partial charge in [0.15, 0.2) is 0 Å². The van der Waals surface area contributed by atoms with Gasteiger partial charge in [-0.15, -0.1) is 0 Å². The van der Waals surface area contributed by atoms with Crippen LogP contribution < -0.4 is 5.32 Å². The van der Waals surface area contributed by atoms with Gasteiger partial charge in [-0.25, -0.2) is 4.79 Å². The summed E-state index contributed by atoms with van der Waals surface area (Å²) >= 11 is 6.60. The van der Waals surface area contributed by atoms with E-state index in [2.05, 4.69) is 37.2 Å². The molecule has 9 nitrogen and oxygen atoms in total. The number of rotatable bonds is 8. The highest BCUT2D eigenvalue weighted by Crippen LogP contribution is 2.28. The Morgan fingerprint density at radius 1 is 1.03 bits per heavy atom. The molecule has 0 aliphatic carbocycles. The molecule has 0 spiro atoms. The summed E-state index contributed by atoms with van der Waals surface area (Å²) in [6, 6.07) is 8.96. The SMILES string of the molecule is COC(=O)C[C@H](c1ccc([N+](=O)[O-])cc1)[C@H](NC(=O)c1cc(Br)cc(Br)c1)C(=O)OC. The minimum absolute atomic E-state index is 0.154. The van der Waals surface area contributed by atoms with Crippen molar-refractivity contribution in [2.24, 2.45) is 0 Å². The van der Waals surface area contributed by atoms with Gasteiger partial charge in [-0.3, -0.25) is 19.7 Å². The number of halogens is 2. The first-order valence-corrected chi connectivity index (χ1v) is 10.4. The van der Waals surface area contributed by atoms with Gasteiger partial charge in [0.05, 0.1) is 25.6 Å². The maximum absolute atomic E-state index is 12.8. The molecule has 0 aliphatic heterocycles. The van der Waals surface area contributed by atoms with Gasteiger partial charge in [0.1, 0.15) is 6.04 Å². The number of nitro benzene ring substituents is 1. The number of hydrogen-bond acceptors (Lipinski definition) is 7. The molecule has 11 heteroatoms. The largest absolute Gasteiger partial charge is 0.469 e. The fraction of sp³-hybridized carbons (Fsp3) is 0.250. The first-order chi connectivity index (χ1) is 14.7. The number of carbonyl (C=O) groups excluding carboxylic acids is 3. The third-order valence-corrected chi connectivity index (χ3v) is 5.33. The van der Waals surface area contributed by atoms with Gasteiger partial charge < -0.3 is 14.8 Å². The van der Waals surface area contributed by atoms with E-state index in [1.807, 2.05) is 0 Å². The molecule has 2 aromatic rings. The Morgan fingerprint density at radius 2 is 1.61 bits per heavy atom. The van der Waals surface area contributed by atoms with E-state index in [0.717, 1.165) is 7.11 Å². The van der Waals surface area contributed by atoms with Crippen LogP contribution >= 0.6 is 31.9 Å². The summed E-state index contributed by atoms with van der Waals surface area (Å²) in [5, 5.41) is 13.6. The Balaban J connectivity index is 2.44. The summed E-state index contributed by atoms with van der Waals surface area (Å²) in [6.45, 7) is 0. The Morgan fingerprint density at radius 3 is 2.10 bits per heavy atom. The third-order valence-electron chi connectivity index (χ3n) is 4.42. The van der Waals surface area contributed by atoms with Crippen molar-refractivity contribution in [3.8, 4) is 0 Å². The molecule has 2 rings (SSSR count). The molecule has 31 heavy (non-hydrogen) atoms. The van der Waals surface area contributed by atoms with Gasteiger partial charge in [0.2, 0.25) is 0 Å². The Hall–Kier alpha value is -2.79. The Kier molecular flexibility index (Phi) is 8.69. The van der Waals surface area contributed by atoms with E-state index in [4.69, 9.17) is 9.47 Å². The number of esters is 2. The number of non-ortho nitro benzene ring substituents is 1. The molecule has 0 bridgehead atoms. The molecule has 0 radical (unpaired) electrons. The average molecular weight is 558 g/mol. The number of methoxy groups -OCH3 is 2. The van der Waals surface area contributed by atoms with Crippen molar-refractivity contribution < 1.29 is 28.8 Å². The second-order valence-electron chi connectivity index (χ2n) is 6.37. The molecular weight excluding hydrogens is 540 g/mol. The number of nitrogens with zero attached hydrogens (tertiary/aromatic N) is 1. The van der Waals surface area contributed by atoms with Gasteiger partial charge in [-0.2, -0.15) is 0 Å². The Bertz CT molecular complexity index is 975. The average Bonchev–Trinajstić information content (AvgIpc) is 2.74. The lowest BCUT2D eigenvalue weighted by Crippen LogP contribution is -2.46. The molecule has 2 atom stereocenters. The topological polar surface area (TPSA) is 125 Å². The lowest BCUT2D eigenvalue weighted by Gasteiger charge is -2.26. The lowest BCUT2D eigenvalue weighted by molar-refractivity contribution is -0.384. The van der Waals surface area contributed by atoms with Crippen molar-refractivity contribution in [1.82, 2.24) is 5.32 Å². The third kappa shape index (κ3) is 6.59. The summed E-state index contributed by atoms with van der Waals surface area (Å²) in [4.78, 5) is 47.8. The monoisotopic (exact) mass is 556 g/mol. The molecule has 0 saturated carbocycles. The van der Waals surface area contributed by atoms with Crippen LogP contribution in [0.25, 0.3) is 0 Å². The van der Waals surface area contributed by atoms with Crippen LogP contribution in [0.1, 0.15) is 28.3 Å². The highest BCUT2D eigenvalue weighted by Gasteiger charge is 2.34. The van der Waals surface area contributed by atoms with Gasteiger partial charge in [-0.1, -0.05) is 44.0 Å². The summed E-state index contributed by atoms with van der Waals surface area (Å²) in [7, 11) is 2.35. The highest BCUT2D eigenvalue weighted by atomic mass is 79.9. The van der Waals surface area contributed by atoms with Crippen LogP contribution in [0.2, 0.25) is 0 Å². The molecule has 164 valence electrons. The molecule has 1 N–H and O–H groups in total. The molecule has 0 aliphatic rings. The second-order valence-corrected chi connectivity index (χ2v) is 8.20. The predicted octanol–water partition coefficient (Wildman–Crippen LogP) is 3.74. The summed E-state index contributed by atoms with van der Waals surface area (Å²) in [6.07, 6.45) is -0.267. The van der Waals surface area contributed by atoms with Gasteiger partial charge in [0, 0.05) is 32.6 Å². The zero-order chi connectivity index (χ0) is 23.1. The van der Waals surface area contributed by atoms with E-state index in [-0.39, 0.29) is 17.7 Å². The van der Waals surface area contributed by atoms with Crippen molar-refractivity contribution in [1.29, 1.82) is 0 Å². The predicted molar refractivity (Wildman–Crippen MR) is 118 cm³/mol. The number of benzene rings is 2. The second kappa shape index (κ2) is 11.0. The fourth-order valence-electron chi connectivity index (χ4n) is 2.89. The highest BCUT2D eigenvalue weighted by molar-refractivity contribution is 9.11. The minimum Gasteiger partial charge on any atom is -0.469 e. The molecule has 2 aromatic carbocycles. The minimum atomic E-state index is -1.25. The first-order valence-electron chi connectivity index (χ1n) is 8.82. The van der Waals surface area contributed by atoms with Crippen LogP contribution in [0.5, 0.6) is 0 Å². The zero-order valence-corrected chi connectivity index (χ0v) is 19.6. The number of carbonyl (C=O) groups is 3. The normalized spacial score (nSPS) is 12.4. The van der Waals surface area contributed by atoms with Gasteiger partial charge in [-0.05, 0) is 23.8 Å². The summed E-state index contributed by atoms with van der Waals surface area (Å²) < 4.78 is 10.9. The summed E-state index contributed by atoms with van der Waals surface area (Å²) in [5.41, 5.74) is 0.524. The molecule has 0 aromatic heterocycles. The zero-order valence-electron chi connectivity index (χ0n) is 16.5. The number of nitrogens with one attached hydrogen (secondary N) is 1. The molecular formula is C20H18Br2N2O7. The number of ether oxygens (including phenoxy) is 2. The van der Waals surface area contributed by atoms with E-state index in [1.165, 1.54) is 31.4 Å². The first kappa shape index (κ1) is 24.5. The van der Waals surface area contributed by atoms with Crippen LogP contribution in [-0.4, -0.2) is 43.0 Å². The van der Waals surface area contributed by atoms with Crippen LogP contribution in [0.3, 0.4) is 0 Å². The number of hydrogen-bond donors (Lipinski definition) is 1. The van der Waals surface area contributed by atoms with E-state index in [0.29, 0.717) is 14.5 Å². The van der Waals surface area contributed by atoms with E-state index < -0.39 is 34.7 Å². The molecule has 0 heterocycles. The van der Waals surface area contributed by atoms with Crippen LogP contribution in [0, 0.1) is 10.1 Å². The van der Waals surface area contributed by atoms with Crippen molar-refractivity contribution in [2.75, 3.05) is 14.2 Å². The van der Waals surface area contributed by atoms with Crippen molar-refractivity contribution >= 4 is 55.4 Å². The molecule has 0 saturated heterocycles. The standard InChI is InChI=1S/C20H18Br2N2O7/c1-30-17(25)10-16(11-3-5-15(6-4-11)24(28)29)18(20(27)31-2)23-19(26)12-7-13(21)9-14(22)8-12/h3-9,16,18H,10H2,1-2H3,(H,23,26)/t16-,18+/m1/s1. The smallest absolute Gasteiger partial charge is 0.329 e. The van der Waals surface area contributed by atoms with E-state index in [9.17, 15) is 24.5 Å². The van der Waals surface area contributed by atoms with Crippen LogP contribution in [0.15, 0.2) is 51.4 Å². The van der Waals surface area contributed by atoms with Crippen molar-refractivity contribution in [3.63, 3.8) is 0 Å². The summed E-state index contributed by atoms with van der Waals surface area (Å²) in [5.74, 6) is -2.87. The molecule has 0 fully saturated rings. The Labute approximate surface area is 194 Å². The van der Waals surface area contributed by atoms with Gasteiger partial charge in [0.25, 0.3) is 11.6 Å². The fourth-order valence-corrected chi connectivity index (χ4v) is 4.19. The number of amides is 1. The van der Waals surface area contributed by atoms with Crippen LogP contribution in [0.4, 0.5) is 5.69 Å². The lowest BCUT2D eigenvalue weighted by atomic mass is 9.88. The maximum atomic E-state index is 12.8. The van der Waals surface area contributed by atoms with Crippen molar-refractivity contribution in [2.45, 2.75) is 18.4 Å². The van der Waals surface area contributed by atoms with E-state index >= 15 is 0 Å².